The Kier molecular flexibility index (Phi) is 5.51. The molecule has 0 atom stereocenters. The standard InChI is InChI=1S/C20H20N4O3/c1-13(14-7-5-4-6-8-14)21-24-20(25)18-12-17(22-23-18)16-11-15(26-2)9-10-19(16)27-3/h4-12H,1-3H3,(H,22,23)(H,24,25). The van der Waals surface area contributed by atoms with E-state index in [-0.39, 0.29) is 5.91 Å². The highest BCUT2D eigenvalue weighted by molar-refractivity contribution is 6.00. The van der Waals surface area contributed by atoms with Crippen LogP contribution in [-0.4, -0.2) is 36.0 Å². The maximum Gasteiger partial charge on any atom is 0.289 e. The van der Waals surface area contributed by atoms with Gasteiger partial charge in [-0.05, 0) is 36.8 Å². The van der Waals surface area contributed by atoms with Crippen LogP contribution in [0.1, 0.15) is 23.0 Å². The Morgan fingerprint density at radius 2 is 1.85 bits per heavy atom. The van der Waals surface area contributed by atoms with Gasteiger partial charge in [0.15, 0.2) is 0 Å². The molecule has 0 aliphatic rings. The third-order valence-corrected chi connectivity index (χ3v) is 4.02. The number of hydrogen-bond donors (Lipinski definition) is 2. The van der Waals surface area contributed by atoms with Crippen molar-refractivity contribution in [3.63, 3.8) is 0 Å². The predicted molar refractivity (Wildman–Crippen MR) is 103 cm³/mol. The Morgan fingerprint density at radius 1 is 1.07 bits per heavy atom. The van der Waals surface area contributed by atoms with Gasteiger partial charge < -0.3 is 9.47 Å². The smallest absolute Gasteiger partial charge is 0.289 e. The number of hydrazone groups is 1. The topological polar surface area (TPSA) is 88.6 Å². The molecule has 27 heavy (non-hydrogen) atoms. The van der Waals surface area contributed by atoms with E-state index in [2.05, 4.69) is 20.7 Å². The summed E-state index contributed by atoms with van der Waals surface area (Å²) in [6, 6.07) is 16.6. The van der Waals surface area contributed by atoms with E-state index in [1.165, 1.54) is 0 Å². The van der Waals surface area contributed by atoms with Crippen molar-refractivity contribution in [1.82, 2.24) is 15.6 Å². The van der Waals surface area contributed by atoms with Crippen LogP contribution in [0, 0.1) is 0 Å². The fourth-order valence-electron chi connectivity index (χ4n) is 2.53. The number of benzene rings is 2. The number of nitrogens with one attached hydrogen (secondary N) is 2. The highest BCUT2D eigenvalue weighted by atomic mass is 16.5. The molecule has 0 aliphatic heterocycles. The van der Waals surface area contributed by atoms with Crippen LogP contribution in [0.2, 0.25) is 0 Å². The summed E-state index contributed by atoms with van der Waals surface area (Å²) in [5.74, 6) is 0.918. The van der Waals surface area contributed by atoms with Gasteiger partial charge in [0, 0.05) is 5.56 Å². The SMILES string of the molecule is COc1ccc(OC)c(-c2cc(C(=O)NN=C(C)c3ccccc3)[nH]n2)c1. The summed E-state index contributed by atoms with van der Waals surface area (Å²) in [7, 11) is 3.16. The Bertz CT molecular complexity index is 964. The number of rotatable bonds is 6. The van der Waals surface area contributed by atoms with Gasteiger partial charge in [-0.25, -0.2) is 5.43 Å². The zero-order valence-corrected chi connectivity index (χ0v) is 15.3. The van der Waals surface area contributed by atoms with E-state index < -0.39 is 0 Å². The van der Waals surface area contributed by atoms with Crippen LogP contribution in [-0.2, 0) is 0 Å². The van der Waals surface area contributed by atoms with E-state index in [1.54, 1.807) is 38.5 Å². The van der Waals surface area contributed by atoms with Gasteiger partial charge in [0.05, 0.1) is 25.6 Å². The number of methoxy groups -OCH3 is 2. The molecule has 7 heteroatoms. The lowest BCUT2D eigenvalue weighted by Gasteiger charge is -2.08. The van der Waals surface area contributed by atoms with Crippen molar-refractivity contribution >= 4 is 11.6 Å². The van der Waals surface area contributed by atoms with Crippen molar-refractivity contribution in [3.8, 4) is 22.8 Å². The number of aromatic amines is 1. The Hall–Kier alpha value is -3.61. The second-order valence-corrected chi connectivity index (χ2v) is 5.74. The van der Waals surface area contributed by atoms with Crippen molar-refractivity contribution in [1.29, 1.82) is 0 Å². The summed E-state index contributed by atoms with van der Waals surface area (Å²) in [5.41, 5.74) is 5.76. The minimum absolute atomic E-state index is 0.291. The number of hydrogen-bond acceptors (Lipinski definition) is 5. The molecule has 0 spiro atoms. The average molecular weight is 364 g/mol. The Morgan fingerprint density at radius 3 is 2.56 bits per heavy atom. The van der Waals surface area contributed by atoms with Crippen molar-refractivity contribution in [3.05, 3.63) is 65.9 Å². The van der Waals surface area contributed by atoms with E-state index in [9.17, 15) is 4.79 Å². The van der Waals surface area contributed by atoms with Crippen molar-refractivity contribution in [2.75, 3.05) is 14.2 Å². The first-order valence-corrected chi connectivity index (χ1v) is 8.30. The first kappa shape index (κ1) is 18.2. The summed E-state index contributed by atoms with van der Waals surface area (Å²) >= 11 is 0. The van der Waals surface area contributed by atoms with Crippen molar-refractivity contribution in [2.24, 2.45) is 5.10 Å². The molecular formula is C20H20N4O3. The first-order chi connectivity index (χ1) is 13.1. The van der Waals surface area contributed by atoms with Gasteiger partial charge >= 0.3 is 0 Å². The number of ether oxygens (including phenoxy) is 2. The second-order valence-electron chi connectivity index (χ2n) is 5.74. The minimum Gasteiger partial charge on any atom is -0.497 e. The molecule has 0 aliphatic carbocycles. The summed E-state index contributed by atoms with van der Waals surface area (Å²) < 4.78 is 10.6. The number of H-pyrrole nitrogens is 1. The van der Waals surface area contributed by atoms with E-state index in [4.69, 9.17) is 9.47 Å². The fourth-order valence-corrected chi connectivity index (χ4v) is 2.53. The van der Waals surface area contributed by atoms with Gasteiger partial charge in [0.1, 0.15) is 17.2 Å². The normalized spacial score (nSPS) is 11.1. The number of amides is 1. The molecule has 0 bridgehead atoms. The molecule has 0 unspecified atom stereocenters. The second kappa shape index (κ2) is 8.18. The lowest BCUT2D eigenvalue weighted by molar-refractivity contribution is 0.0950. The van der Waals surface area contributed by atoms with E-state index in [0.717, 1.165) is 11.1 Å². The molecule has 0 saturated carbocycles. The molecule has 0 saturated heterocycles. The third-order valence-electron chi connectivity index (χ3n) is 4.02. The fraction of sp³-hybridized carbons (Fsp3) is 0.150. The summed E-state index contributed by atoms with van der Waals surface area (Å²) in [6.45, 7) is 1.83. The van der Waals surface area contributed by atoms with Crippen LogP contribution < -0.4 is 14.9 Å². The Labute approximate surface area is 157 Å². The summed E-state index contributed by atoms with van der Waals surface area (Å²) in [4.78, 5) is 12.4. The molecule has 3 rings (SSSR count). The summed E-state index contributed by atoms with van der Waals surface area (Å²) in [5, 5.41) is 11.1. The van der Waals surface area contributed by atoms with Gasteiger partial charge in [-0.15, -0.1) is 0 Å². The summed E-state index contributed by atoms with van der Waals surface area (Å²) in [6.07, 6.45) is 0. The predicted octanol–water partition coefficient (Wildman–Crippen LogP) is 3.25. The van der Waals surface area contributed by atoms with Gasteiger partial charge in [0.25, 0.3) is 5.91 Å². The quantitative estimate of drug-likeness (QED) is 0.519. The molecule has 2 aromatic carbocycles. The lowest BCUT2D eigenvalue weighted by atomic mass is 10.1. The molecule has 0 fully saturated rings. The van der Waals surface area contributed by atoms with E-state index in [0.29, 0.717) is 28.6 Å². The van der Waals surface area contributed by atoms with Gasteiger partial charge in [-0.3, -0.25) is 9.89 Å². The van der Waals surface area contributed by atoms with Gasteiger partial charge in [-0.2, -0.15) is 10.2 Å². The van der Waals surface area contributed by atoms with Crippen LogP contribution in [0.25, 0.3) is 11.3 Å². The largest absolute Gasteiger partial charge is 0.497 e. The van der Waals surface area contributed by atoms with Crippen LogP contribution in [0.4, 0.5) is 0 Å². The highest BCUT2D eigenvalue weighted by Crippen LogP contribution is 2.32. The average Bonchev–Trinajstić information content (AvgIpc) is 3.22. The van der Waals surface area contributed by atoms with Crippen molar-refractivity contribution < 1.29 is 14.3 Å². The van der Waals surface area contributed by atoms with E-state index in [1.807, 2.05) is 37.3 Å². The minimum atomic E-state index is -0.383. The Balaban J connectivity index is 1.79. The van der Waals surface area contributed by atoms with Crippen LogP contribution in [0.5, 0.6) is 11.5 Å². The molecule has 1 aromatic heterocycles. The molecule has 2 N–H and O–H groups in total. The van der Waals surface area contributed by atoms with Crippen LogP contribution >= 0.6 is 0 Å². The molecule has 3 aromatic rings. The molecule has 0 radical (unpaired) electrons. The molecule has 7 nitrogen and oxygen atoms in total. The third kappa shape index (κ3) is 4.14. The number of nitrogens with zero attached hydrogens (tertiary/aromatic N) is 2. The number of carbonyl (C=O) groups excluding carboxylic acids is 1. The van der Waals surface area contributed by atoms with Crippen LogP contribution in [0.15, 0.2) is 59.7 Å². The monoisotopic (exact) mass is 364 g/mol. The highest BCUT2D eigenvalue weighted by Gasteiger charge is 2.14. The molecule has 138 valence electrons. The maximum atomic E-state index is 12.4. The van der Waals surface area contributed by atoms with Crippen molar-refractivity contribution in [2.45, 2.75) is 6.92 Å². The number of carbonyl (C=O) groups is 1. The van der Waals surface area contributed by atoms with Crippen LogP contribution in [0.3, 0.4) is 0 Å². The molecule has 1 amide bonds. The maximum absolute atomic E-state index is 12.4. The molecule has 1 heterocycles. The number of aromatic nitrogens is 2. The first-order valence-electron chi connectivity index (χ1n) is 8.30. The van der Waals surface area contributed by atoms with Gasteiger partial charge in [-0.1, -0.05) is 30.3 Å². The lowest BCUT2D eigenvalue weighted by Crippen LogP contribution is -2.19. The zero-order valence-electron chi connectivity index (χ0n) is 15.3. The molecular weight excluding hydrogens is 344 g/mol. The van der Waals surface area contributed by atoms with Gasteiger partial charge in [0.2, 0.25) is 0 Å². The van der Waals surface area contributed by atoms with E-state index >= 15 is 0 Å². The zero-order chi connectivity index (χ0) is 19.2.